The molecule has 20 heavy (non-hydrogen) atoms. The molecule has 0 unspecified atom stereocenters. The molecular weight excluding hydrogens is 263 g/mol. The zero-order valence-electron chi connectivity index (χ0n) is 10.8. The number of nitrogens with zero attached hydrogens (tertiary/aromatic N) is 2. The first-order chi connectivity index (χ1) is 9.56. The lowest BCUT2D eigenvalue weighted by Crippen LogP contribution is -2.29. The number of hydrogen-bond donors (Lipinski definition) is 2. The summed E-state index contributed by atoms with van der Waals surface area (Å²) in [4.78, 5) is 23.0. The van der Waals surface area contributed by atoms with Crippen LogP contribution in [0, 0.1) is 11.7 Å². The largest absolute Gasteiger partial charge is 0.273 e. The quantitative estimate of drug-likeness (QED) is 0.629. The Morgan fingerprint density at radius 1 is 1.50 bits per heavy atom. The van der Waals surface area contributed by atoms with E-state index in [0.29, 0.717) is 11.3 Å². The van der Waals surface area contributed by atoms with Gasteiger partial charge in [-0.05, 0) is 24.6 Å². The van der Waals surface area contributed by atoms with Gasteiger partial charge in [0.1, 0.15) is 5.82 Å². The molecule has 2 rings (SSSR count). The van der Waals surface area contributed by atoms with Crippen LogP contribution in [0.5, 0.6) is 0 Å². The van der Waals surface area contributed by atoms with E-state index >= 15 is 0 Å². The van der Waals surface area contributed by atoms with Gasteiger partial charge in [-0.15, -0.1) is 0 Å². The molecule has 1 aliphatic heterocycles. The summed E-state index contributed by atoms with van der Waals surface area (Å²) >= 11 is 0. The van der Waals surface area contributed by atoms with Gasteiger partial charge in [-0.25, -0.2) is 15.2 Å². The highest BCUT2D eigenvalue weighted by Gasteiger charge is 2.28. The van der Waals surface area contributed by atoms with Gasteiger partial charge < -0.3 is 0 Å². The van der Waals surface area contributed by atoms with Crippen molar-refractivity contribution in [1.82, 2.24) is 10.9 Å². The molecule has 1 atom stereocenters. The van der Waals surface area contributed by atoms with Gasteiger partial charge in [0.2, 0.25) is 11.8 Å². The third kappa shape index (κ3) is 3.47. The minimum atomic E-state index is -0.545. The van der Waals surface area contributed by atoms with E-state index in [1.165, 1.54) is 30.5 Å². The van der Waals surface area contributed by atoms with Crippen LogP contribution in [0.4, 0.5) is 4.39 Å². The lowest BCUT2D eigenvalue weighted by molar-refractivity contribution is -0.127. The molecule has 0 spiro atoms. The van der Waals surface area contributed by atoms with Crippen LogP contribution in [0.2, 0.25) is 0 Å². The molecule has 0 bridgehead atoms. The summed E-state index contributed by atoms with van der Waals surface area (Å²) in [6.45, 7) is 1.68. The molecule has 2 N–H and O–H groups in total. The van der Waals surface area contributed by atoms with Gasteiger partial charge in [-0.2, -0.15) is 10.2 Å². The number of amides is 2. The fraction of sp³-hybridized carbons (Fsp3) is 0.231. The predicted molar refractivity (Wildman–Crippen MR) is 71.5 cm³/mol. The summed E-state index contributed by atoms with van der Waals surface area (Å²) in [7, 11) is 0. The van der Waals surface area contributed by atoms with Crippen LogP contribution in [0.1, 0.15) is 18.9 Å². The van der Waals surface area contributed by atoms with Crippen molar-refractivity contribution < 1.29 is 14.0 Å². The Kier molecular flexibility index (Phi) is 4.19. The van der Waals surface area contributed by atoms with E-state index in [2.05, 4.69) is 21.1 Å². The Labute approximate surface area is 114 Å². The van der Waals surface area contributed by atoms with E-state index in [1.54, 1.807) is 6.92 Å². The molecule has 0 aliphatic carbocycles. The molecule has 0 saturated heterocycles. The summed E-state index contributed by atoms with van der Waals surface area (Å²) < 4.78 is 12.7. The third-order valence-corrected chi connectivity index (χ3v) is 2.83. The Morgan fingerprint density at radius 2 is 2.20 bits per heavy atom. The van der Waals surface area contributed by atoms with Crippen molar-refractivity contribution in [1.29, 1.82) is 0 Å². The van der Waals surface area contributed by atoms with Crippen molar-refractivity contribution in [3.63, 3.8) is 0 Å². The average Bonchev–Trinajstić information content (AvgIpc) is 2.73. The third-order valence-electron chi connectivity index (χ3n) is 2.83. The van der Waals surface area contributed by atoms with Crippen LogP contribution in [-0.2, 0) is 9.59 Å². The number of hydrogen-bond acceptors (Lipinski definition) is 4. The molecule has 7 heteroatoms. The van der Waals surface area contributed by atoms with Gasteiger partial charge in [-0.1, -0.05) is 12.1 Å². The molecule has 1 heterocycles. The molecule has 6 nitrogen and oxygen atoms in total. The maximum Gasteiger partial charge on any atom is 0.249 e. The minimum Gasteiger partial charge on any atom is -0.273 e. The van der Waals surface area contributed by atoms with Crippen molar-refractivity contribution in [2.75, 3.05) is 0 Å². The molecular formula is C13H13FN4O2. The van der Waals surface area contributed by atoms with Gasteiger partial charge in [0.15, 0.2) is 0 Å². The highest BCUT2D eigenvalue weighted by atomic mass is 19.1. The summed E-state index contributed by atoms with van der Waals surface area (Å²) in [5.74, 6) is -1.57. The molecule has 1 aromatic carbocycles. The summed E-state index contributed by atoms with van der Waals surface area (Å²) in [6, 6.07) is 5.66. The molecule has 0 fully saturated rings. The zero-order valence-corrected chi connectivity index (χ0v) is 10.8. The monoisotopic (exact) mass is 276 g/mol. The van der Waals surface area contributed by atoms with Crippen LogP contribution in [0.3, 0.4) is 0 Å². The smallest absolute Gasteiger partial charge is 0.249 e. The zero-order chi connectivity index (χ0) is 14.5. The van der Waals surface area contributed by atoms with E-state index in [0.717, 1.165) is 0 Å². The van der Waals surface area contributed by atoms with Crippen molar-refractivity contribution in [2.45, 2.75) is 13.3 Å². The topological polar surface area (TPSA) is 82.9 Å². The highest BCUT2D eigenvalue weighted by Crippen LogP contribution is 2.11. The number of hydrazone groups is 2. The molecule has 0 radical (unpaired) electrons. The van der Waals surface area contributed by atoms with Crippen molar-refractivity contribution in [3.05, 3.63) is 35.6 Å². The Hall–Kier alpha value is -2.57. The van der Waals surface area contributed by atoms with E-state index in [1.807, 2.05) is 0 Å². The number of carbonyl (C=O) groups excluding carboxylic acids is 2. The molecule has 1 aliphatic rings. The van der Waals surface area contributed by atoms with Gasteiger partial charge in [0.05, 0.1) is 12.1 Å². The minimum absolute atomic E-state index is 0.0120. The average molecular weight is 276 g/mol. The van der Waals surface area contributed by atoms with Crippen molar-refractivity contribution in [3.8, 4) is 0 Å². The van der Waals surface area contributed by atoms with Gasteiger partial charge >= 0.3 is 0 Å². The van der Waals surface area contributed by atoms with Crippen molar-refractivity contribution >= 4 is 23.7 Å². The van der Waals surface area contributed by atoms with Crippen LogP contribution < -0.4 is 10.9 Å². The molecule has 1 aromatic rings. The highest BCUT2D eigenvalue weighted by molar-refractivity contribution is 6.09. The fourth-order valence-corrected chi connectivity index (χ4v) is 1.69. The van der Waals surface area contributed by atoms with Crippen LogP contribution in [0.25, 0.3) is 0 Å². The van der Waals surface area contributed by atoms with Crippen LogP contribution in [-0.4, -0.2) is 23.7 Å². The van der Waals surface area contributed by atoms with Crippen LogP contribution >= 0.6 is 0 Å². The normalized spacial score (nSPS) is 18.0. The number of nitrogens with one attached hydrogen (secondary N) is 2. The van der Waals surface area contributed by atoms with Crippen LogP contribution in [0.15, 0.2) is 34.5 Å². The van der Waals surface area contributed by atoms with Gasteiger partial charge in [-0.3, -0.25) is 9.59 Å². The lowest BCUT2D eigenvalue weighted by atomic mass is 10.0. The maximum atomic E-state index is 12.7. The second-order valence-corrected chi connectivity index (χ2v) is 4.33. The summed E-state index contributed by atoms with van der Waals surface area (Å²) in [6.07, 6.45) is 1.38. The first kappa shape index (κ1) is 13.9. The molecule has 0 aromatic heterocycles. The number of benzene rings is 1. The second-order valence-electron chi connectivity index (χ2n) is 4.33. The lowest BCUT2D eigenvalue weighted by Gasteiger charge is -2.05. The fourth-order valence-electron chi connectivity index (χ4n) is 1.69. The summed E-state index contributed by atoms with van der Waals surface area (Å²) in [5.41, 5.74) is 5.85. The first-order valence-electron chi connectivity index (χ1n) is 5.98. The SMILES string of the molecule is CC1=NNC(=O)[C@@H]1CC(=O)N/N=C\c1ccc(F)cc1. The van der Waals surface area contributed by atoms with E-state index in [4.69, 9.17) is 0 Å². The summed E-state index contributed by atoms with van der Waals surface area (Å²) in [5, 5.41) is 7.50. The molecule has 0 saturated carbocycles. The molecule has 104 valence electrons. The van der Waals surface area contributed by atoms with E-state index < -0.39 is 5.92 Å². The second kappa shape index (κ2) is 6.05. The van der Waals surface area contributed by atoms with Crippen molar-refractivity contribution in [2.24, 2.45) is 16.1 Å². The number of halogens is 1. The van der Waals surface area contributed by atoms with Gasteiger partial charge in [0, 0.05) is 12.1 Å². The Morgan fingerprint density at radius 3 is 2.80 bits per heavy atom. The predicted octanol–water partition coefficient (Wildman–Crippen LogP) is 0.788. The Bertz CT molecular complexity index is 581. The van der Waals surface area contributed by atoms with E-state index in [9.17, 15) is 14.0 Å². The number of carbonyl (C=O) groups is 2. The first-order valence-corrected chi connectivity index (χ1v) is 5.98. The maximum absolute atomic E-state index is 12.7. The number of rotatable bonds is 4. The van der Waals surface area contributed by atoms with E-state index in [-0.39, 0.29) is 24.1 Å². The molecule has 2 amide bonds. The van der Waals surface area contributed by atoms with Gasteiger partial charge in [0.25, 0.3) is 0 Å². The Balaban J connectivity index is 1.85. The standard InChI is InChI=1S/C13H13FN4O2/c1-8-11(13(20)18-16-8)6-12(19)17-15-7-9-2-4-10(14)5-3-9/h2-5,7,11H,6H2,1H3,(H,17,19)(H,18,20)/b15-7-/t11-/m1/s1.